The third-order valence-corrected chi connectivity index (χ3v) is 11.2. The summed E-state index contributed by atoms with van der Waals surface area (Å²) in [5.74, 6) is 0.165. The number of ether oxygens (including phenoxy) is 3. The van der Waals surface area contributed by atoms with E-state index >= 15 is 0 Å². The van der Waals surface area contributed by atoms with Crippen molar-refractivity contribution in [3.8, 4) is 11.5 Å². The minimum absolute atomic E-state index is 0.100. The molecule has 16 heteroatoms. The number of nitro groups is 1. The number of esters is 1. The molecule has 0 bridgehead atoms. The van der Waals surface area contributed by atoms with Crippen LogP contribution in [0.4, 0.5) is 5.69 Å². The molecule has 6 rings (SSSR count). The normalized spacial score (nSPS) is 14.8. The predicted octanol–water partition coefficient (Wildman–Crippen LogP) is 4.68. The third kappa shape index (κ3) is 5.85. The number of thiazole rings is 1. The second-order valence-corrected chi connectivity index (χ2v) is 14.4. The van der Waals surface area contributed by atoms with Crippen molar-refractivity contribution < 1.29 is 32.3 Å². The molecule has 2 aromatic heterocycles. The van der Waals surface area contributed by atoms with Crippen LogP contribution >= 0.6 is 27.3 Å². The van der Waals surface area contributed by atoms with Crippen molar-refractivity contribution in [3.05, 3.63) is 124 Å². The van der Waals surface area contributed by atoms with Crippen LogP contribution in [-0.2, 0) is 19.6 Å². The SMILES string of the molecule is CCOC(=O)C1=C(C)N=c2s/c(=C\c3cn(S(=O)(=O)c4cccc([N+](=O)[O-])c4)c4ccccc34)c(=O)n2[C@@H]1c1cc(OC)c(OC)cc1Br. The van der Waals surface area contributed by atoms with Crippen molar-refractivity contribution in [1.29, 1.82) is 0 Å². The Morgan fingerprint density at radius 2 is 1.82 bits per heavy atom. The summed E-state index contributed by atoms with van der Waals surface area (Å²) in [6, 6.07) is 13.9. The van der Waals surface area contributed by atoms with Crippen molar-refractivity contribution >= 4 is 65.9 Å². The summed E-state index contributed by atoms with van der Waals surface area (Å²) in [4.78, 5) is 43.1. The Balaban J connectivity index is 1.58. The maximum absolute atomic E-state index is 14.3. The number of rotatable bonds is 9. The van der Waals surface area contributed by atoms with E-state index in [4.69, 9.17) is 14.2 Å². The molecule has 3 heterocycles. The van der Waals surface area contributed by atoms with Gasteiger partial charge in [-0.2, -0.15) is 0 Å². The van der Waals surface area contributed by atoms with Gasteiger partial charge >= 0.3 is 5.97 Å². The van der Waals surface area contributed by atoms with Crippen LogP contribution in [0.1, 0.15) is 31.0 Å². The summed E-state index contributed by atoms with van der Waals surface area (Å²) < 4.78 is 47.2. The highest BCUT2D eigenvalue weighted by Crippen LogP contribution is 2.41. The van der Waals surface area contributed by atoms with Gasteiger partial charge in [0.2, 0.25) is 0 Å². The molecule has 0 spiro atoms. The van der Waals surface area contributed by atoms with Gasteiger partial charge in [0.05, 0.1) is 58.0 Å². The lowest BCUT2D eigenvalue weighted by atomic mass is 9.95. The standard InChI is InChI=1S/C33H27BrN4O9S2/c1-5-47-32(40)29-18(2)35-33-37(30(29)23-15-26(45-3)27(46-4)16-24(23)34)31(39)28(48-33)13-19-17-36(25-12-7-6-11-22(19)25)49(43,44)21-10-8-9-20(14-21)38(41)42/h6-17,30H,5H2,1-4H3/b28-13-/t30-/m1/s1. The first-order valence-electron chi connectivity index (χ1n) is 14.6. The Labute approximate surface area is 291 Å². The molecule has 0 N–H and O–H groups in total. The van der Waals surface area contributed by atoms with Gasteiger partial charge in [-0.15, -0.1) is 0 Å². The van der Waals surface area contributed by atoms with Gasteiger partial charge in [-0.1, -0.05) is 51.5 Å². The number of aromatic nitrogens is 2. The first kappa shape index (κ1) is 33.8. The topological polar surface area (TPSA) is 161 Å². The average molecular weight is 768 g/mol. The fourth-order valence-electron chi connectivity index (χ4n) is 5.67. The van der Waals surface area contributed by atoms with Crippen LogP contribution in [-0.4, -0.2) is 48.7 Å². The molecular formula is C33H27BrN4O9S2. The molecule has 0 aliphatic carbocycles. The molecule has 13 nitrogen and oxygen atoms in total. The summed E-state index contributed by atoms with van der Waals surface area (Å²) in [6.07, 6.45) is 2.93. The monoisotopic (exact) mass is 766 g/mol. The molecule has 0 fully saturated rings. The molecule has 1 atom stereocenters. The fraction of sp³-hybridized carbons (Fsp3) is 0.182. The van der Waals surface area contributed by atoms with Gasteiger partial charge < -0.3 is 14.2 Å². The van der Waals surface area contributed by atoms with E-state index in [2.05, 4.69) is 20.9 Å². The largest absolute Gasteiger partial charge is 0.493 e. The van der Waals surface area contributed by atoms with Gasteiger partial charge in [0, 0.05) is 33.8 Å². The van der Waals surface area contributed by atoms with Crippen molar-refractivity contribution in [1.82, 2.24) is 8.54 Å². The Bertz CT molecular complexity index is 2520. The lowest BCUT2D eigenvalue weighted by Gasteiger charge is -2.26. The maximum atomic E-state index is 14.3. The van der Waals surface area contributed by atoms with E-state index in [1.54, 1.807) is 56.3 Å². The zero-order chi connectivity index (χ0) is 35.2. The molecule has 0 radical (unpaired) electrons. The number of hydrogen-bond acceptors (Lipinski definition) is 11. The van der Waals surface area contributed by atoms with E-state index in [0.717, 1.165) is 21.4 Å². The quantitative estimate of drug-likeness (QED) is 0.118. The van der Waals surface area contributed by atoms with Gasteiger partial charge in [0.15, 0.2) is 16.3 Å². The van der Waals surface area contributed by atoms with E-state index in [-0.39, 0.29) is 27.3 Å². The summed E-state index contributed by atoms with van der Waals surface area (Å²) in [7, 11) is -1.32. The molecule has 1 aliphatic heterocycles. The molecule has 252 valence electrons. The number of carbonyl (C=O) groups excluding carboxylic acids is 1. The highest BCUT2D eigenvalue weighted by Gasteiger charge is 2.35. The number of para-hydroxylation sites is 1. The van der Waals surface area contributed by atoms with Gasteiger partial charge in [0.1, 0.15) is 0 Å². The van der Waals surface area contributed by atoms with Crippen LogP contribution in [0.5, 0.6) is 11.5 Å². The molecular weight excluding hydrogens is 740 g/mol. The van der Waals surface area contributed by atoms with Crippen LogP contribution in [0.15, 0.2) is 97.3 Å². The van der Waals surface area contributed by atoms with Gasteiger partial charge in [-0.05, 0) is 49.8 Å². The minimum Gasteiger partial charge on any atom is -0.493 e. The number of halogens is 1. The van der Waals surface area contributed by atoms with E-state index in [1.807, 2.05) is 0 Å². The number of methoxy groups -OCH3 is 2. The molecule has 5 aromatic rings. The van der Waals surface area contributed by atoms with Gasteiger partial charge in [0.25, 0.3) is 21.3 Å². The highest BCUT2D eigenvalue weighted by atomic mass is 79.9. The van der Waals surface area contributed by atoms with Crippen LogP contribution in [0.25, 0.3) is 17.0 Å². The molecule has 0 amide bonds. The number of fused-ring (bicyclic) bond motifs is 2. The number of nitrogens with zero attached hydrogens (tertiary/aromatic N) is 4. The first-order chi connectivity index (χ1) is 23.4. The second kappa shape index (κ2) is 13.1. The summed E-state index contributed by atoms with van der Waals surface area (Å²) in [5.41, 5.74) is 0.893. The van der Waals surface area contributed by atoms with Crippen LogP contribution in [0.2, 0.25) is 0 Å². The smallest absolute Gasteiger partial charge is 0.338 e. The lowest BCUT2D eigenvalue weighted by molar-refractivity contribution is -0.385. The van der Waals surface area contributed by atoms with Crippen molar-refractivity contribution in [2.45, 2.75) is 24.8 Å². The Morgan fingerprint density at radius 1 is 1.10 bits per heavy atom. The van der Waals surface area contributed by atoms with Gasteiger partial charge in [-0.3, -0.25) is 19.5 Å². The highest BCUT2D eigenvalue weighted by molar-refractivity contribution is 9.10. The molecule has 49 heavy (non-hydrogen) atoms. The Morgan fingerprint density at radius 3 is 2.51 bits per heavy atom. The first-order valence-corrected chi connectivity index (χ1v) is 17.7. The molecule has 0 saturated heterocycles. The third-order valence-electron chi connectivity index (χ3n) is 7.90. The number of allylic oxidation sites excluding steroid dienone is 1. The maximum Gasteiger partial charge on any atom is 0.338 e. The van der Waals surface area contributed by atoms with Crippen molar-refractivity contribution in [3.63, 3.8) is 0 Å². The van der Waals surface area contributed by atoms with E-state index < -0.39 is 32.5 Å². The van der Waals surface area contributed by atoms with E-state index in [9.17, 15) is 28.1 Å². The molecule has 0 saturated carbocycles. The van der Waals surface area contributed by atoms with Crippen LogP contribution in [0, 0.1) is 10.1 Å². The number of nitro benzene ring substituents is 1. The summed E-state index contributed by atoms with van der Waals surface area (Å²) >= 11 is 4.66. The summed E-state index contributed by atoms with van der Waals surface area (Å²) in [5, 5.41) is 11.9. The number of non-ortho nitro benzene ring substituents is 1. The van der Waals surface area contributed by atoms with E-state index in [1.165, 1.54) is 43.2 Å². The molecule has 1 aliphatic rings. The fourth-order valence-corrected chi connectivity index (χ4v) is 8.66. The number of carbonyl (C=O) groups is 1. The Hall–Kier alpha value is -5.06. The minimum atomic E-state index is -4.29. The average Bonchev–Trinajstić information content (AvgIpc) is 3.61. The lowest BCUT2D eigenvalue weighted by Crippen LogP contribution is -2.40. The molecule has 3 aromatic carbocycles. The summed E-state index contributed by atoms with van der Waals surface area (Å²) in [6.45, 7) is 3.45. The zero-order valence-electron chi connectivity index (χ0n) is 26.4. The number of benzene rings is 3. The number of hydrogen-bond donors (Lipinski definition) is 0. The van der Waals surface area contributed by atoms with Crippen molar-refractivity contribution in [2.75, 3.05) is 20.8 Å². The van der Waals surface area contributed by atoms with Crippen LogP contribution < -0.4 is 24.4 Å². The molecule has 0 unspecified atom stereocenters. The van der Waals surface area contributed by atoms with Gasteiger partial charge in [-0.25, -0.2) is 22.2 Å². The van der Waals surface area contributed by atoms with E-state index in [0.29, 0.717) is 48.5 Å². The Kier molecular flexibility index (Phi) is 9.04. The van der Waals surface area contributed by atoms with Crippen molar-refractivity contribution in [2.24, 2.45) is 4.99 Å². The van der Waals surface area contributed by atoms with Crippen LogP contribution in [0.3, 0.4) is 0 Å². The zero-order valence-corrected chi connectivity index (χ0v) is 29.6. The predicted molar refractivity (Wildman–Crippen MR) is 185 cm³/mol. The second-order valence-electron chi connectivity index (χ2n) is 10.7.